The lowest BCUT2D eigenvalue weighted by atomic mass is 10.0. The number of aryl methyl sites for hydroxylation is 2. The van der Waals surface area contributed by atoms with Gasteiger partial charge in [-0.25, -0.2) is 9.97 Å². The number of aromatic nitrogens is 4. The third kappa shape index (κ3) is 2.93. The van der Waals surface area contributed by atoms with Gasteiger partial charge in [0.1, 0.15) is 17.6 Å². The monoisotopic (exact) mass is 310 g/mol. The lowest BCUT2D eigenvalue weighted by Gasteiger charge is -2.33. The van der Waals surface area contributed by atoms with Crippen molar-refractivity contribution in [3.63, 3.8) is 0 Å². The lowest BCUT2D eigenvalue weighted by Crippen LogP contribution is -2.39. The summed E-state index contributed by atoms with van der Waals surface area (Å²) in [5.74, 6) is 1.26. The zero-order chi connectivity index (χ0) is 16.4. The van der Waals surface area contributed by atoms with Crippen molar-refractivity contribution in [1.82, 2.24) is 25.1 Å². The summed E-state index contributed by atoms with van der Waals surface area (Å²) in [5, 5.41) is 16.0. The molecule has 7 heteroatoms. The second kappa shape index (κ2) is 6.16. The molecule has 0 aromatic carbocycles. The van der Waals surface area contributed by atoms with Gasteiger partial charge in [0.15, 0.2) is 5.82 Å². The Kier molecular flexibility index (Phi) is 4.06. The number of nitrogens with one attached hydrogen (secondary N) is 1. The van der Waals surface area contributed by atoms with E-state index in [0.29, 0.717) is 29.3 Å². The van der Waals surface area contributed by atoms with E-state index in [9.17, 15) is 4.79 Å². The molecule has 0 unspecified atom stereocenters. The van der Waals surface area contributed by atoms with Crippen LogP contribution < -0.4 is 0 Å². The Labute approximate surface area is 134 Å². The molecule has 2 aromatic heterocycles. The molecule has 0 saturated carbocycles. The highest BCUT2D eigenvalue weighted by atomic mass is 16.2. The summed E-state index contributed by atoms with van der Waals surface area (Å²) in [6.45, 7) is 4.25. The zero-order valence-corrected chi connectivity index (χ0v) is 13.2. The molecule has 1 atom stereocenters. The maximum Gasteiger partial charge on any atom is 0.273 e. The van der Waals surface area contributed by atoms with Crippen molar-refractivity contribution in [1.29, 1.82) is 5.26 Å². The molecule has 1 amide bonds. The Morgan fingerprint density at radius 1 is 1.35 bits per heavy atom. The number of H-pyrrole nitrogens is 1. The molecule has 23 heavy (non-hydrogen) atoms. The fourth-order valence-electron chi connectivity index (χ4n) is 2.90. The molecule has 118 valence electrons. The molecule has 3 rings (SSSR count). The van der Waals surface area contributed by atoms with E-state index in [1.807, 2.05) is 6.92 Å². The van der Waals surface area contributed by atoms with Gasteiger partial charge < -0.3 is 4.90 Å². The second-order valence-electron chi connectivity index (χ2n) is 5.73. The van der Waals surface area contributed by atoms with Crippen LogP contribution in [0.2, 0.25) is 0 Å². The summed E-state index contributed by atoms with van der Waals surface area (Å²) in [6.07, 6.45) is 2.85. The van der Waals surface area contributed by atoms with E-state index in [0.717, 1.165) is 25.1 Å². The minimum Gasteiger partial charge on any atom is -0.327 e. The normalized spacial score (nSPS) is 17.8. The number of nitriles is 1. The number of hydrogen-bond acceptors (Lipinski definition) is 5. The van der Waals surface area contributed by atoms with E-state index in [1.54, 1.807) is 24.0 Å². The number of piperidine rings is 1. The van der Waals surface area contributed by atoms with Crippen LogP contribution >= 0.6 is 0 Å². The number of rotatable bonds is 2. The van der Waals surface area contributed by atoms with Crippen LogP contribution in [-0.2, 0) is 0 Å². The minimum absolute atomic E-state index is 0.126. The van der Waals surface area contributed by atoms with Crippen LogP contribution in [0.3, 0.4) is 0 Å². The smallest absolute Gasteiger partial charge is 0.273 e. The molecule has 1 aliphatic heterocycles. The lowest BCUT2D eigenvalue weighted by molar-refractivity contribution is 0.0594. The van der Waals surface area contributed by atoms with Gasteiger partial charge in [0.05, 0.1) is 17.3 Å². The first-order chi connectivity index (χ1) is 11.1. The third-order valence-electron chi connectivity index (χ3n) is 4.10. The molecule has 0 aliphatic carbocycles. The highest BCUT2D eigenvalue weighted by molar-refractivity contribution is 5.92. The van der Waals surface area contributed by atoms with Gasteiger partial charge in [0.2, 0.25) is 0 Å². The molecule has 3 heterocycles. The molecule has 0 spiro atoms. The molecule has 1 saturated heterocycles. The van der Waals surface area contributed by atoms with Gasteiger partial charge in [-0.1, -0.05) is 0 Å². The zero-order valence-electron chi connectivity index (χ0n) is 13.2. The first-order valence-electron chi connectivity index (χ1n) is 7.68. The number of aromatic amines is 1. The summed E-state index contributed by atoms with van der Waals surface area (Å²) in [5.41, 5.74) is 1.42. The predicted octanol–water partition coefficient (Wildman–Crippen LogP) is 2.06. The number of hydrogen-bond donors (Lipinski definition) is 1. The summed E-state index contributed by atoms with van der Waals surface area (Å²) >= 11 is 0. The Hall–Kier alpha value is -2.75. The Bertz CT molecular complexity index is 775. The van der Waals surface area contributed by atoms with E-state index in [-0.39, 0.29) is 11.9 Å². The fourth-order valence-corrected chi connectivity index (χ4v) is 2.90. The molecular formula is C16H18N6O. The van der Waals surface area contributed by atoms with Crippen LogP contribution in [0.4, 0.5) is 0 Å². The number of amides is 1. The van der Waals surface area contributed by atoms with Gasteiger partial charge in [-0.3, -0.25) is 9.89 Å². The molecule has 1 aliphatic rings. The van der Waals surface area contributed by atoms with Crippen molar-refractivity contribution in [3.8, 4) is 6.07 Å². The highest BCUT2D eigenvalue weighted by Crippen LogP contribution is 2.30. The Morgan fingerprint density at radius 3 is 2.83 bits per heavy atom. The van der Waals surface area contributed by atoms with Crippen molar-refractivity contribution in [2.75, 3.05) is 6.54 Å². The first kappa shape index (κ1) is 15.2. The molecule has 1 fully saturated rings. The molecule has 7 nitrogen and oxygen atoms in total. The number of likely N-dealkylation sites (tertiary alicyclic amines) is 1. The summed E-state index contributed by atoms with van der Waals surface area (Å²) < 4.78 is 0. The van der Waals surface area contributed by atoms with Crippen molar-refractivity contribution in [2.45, 2.75) is 39.2 Å². The number of nitrogens with zero attached hydrogens (tertiary/aromatic N) is 5. The summed E-state index contributed by atoms with van der Waals surface area (Å²) in [4.78, 5) is 23.3. The number of pyridine rings is 1. The van der Waals surface area contributed by atoms with Crippen molar-refractivity contribution in [3.05, 3.63) is 40.7 Å². The molecule has 2 aromatic rings. The average Bonchev–Trinajstić information content (AvgIpc) is 3.00. The van der Waals surface area contributed by atoms with Crippen LogP contribution in [0, 0.1) is 25.2 Å². The predicted molar refractivity (Wildman–Crippen MR) is 82.4 cm³/mol. The maximum absolute atomic E-state index is 12.9. The Morgan fingerprint density at radius 2 is 2.17 bits per heavy atom. The van der Waals surface area contributed by atoms with Crippen molar-refractivity contribution in [2.24, 2.45) is 0 Å². The second-order valence-corrected chi connectivity index (χ2v) is 5.73. The summed E-state index contributed by atoms with van der Waals surface area (Å²) in [6, 6.07) is 5.20. The van der Waals surface area contributed by atoms with Crippen LogP contribution in [0.5, 0.6) is 0 Å². The van der Waals surface area contributed by atoms with Gasteiger partial charge >= 0.3 is 0 Å². The van der Waals surface area contributed by atoms with Crippen LogP contribution in [0.1, 0.15) is 58.7 Å². The first-order valence-corrected chi connectivity index (χ1v) is 7.68. The van der Waals surface area contributed by atoms with Gasteiger partial charge in [0.25, 0.3) is 5.91 Å². The average molecular weight is 310 g/mol. The van der Waals surface area contributed by atoms with Crippen molar-refractivity contribution < 1.29 is 4.79 Å². The topological polar surface area (TPSA) is 98.6 Å². The number of carbonyl (C=O) groups is 1. The van der Waals surface area contributed by atoms with E-state index in [4.69, 9.17) is 5.26 Å². The van der Waals surface area contributed by atoms with Crippen LogP contribution in [-0.4, -0.2) is 37.5 Å². The van der Waals surface area contributed by atoms with E-state index in [2.05, 4.69) is 26.2 Å². The Balaban J connectivity index is 1.90. The molecular weight excluding hydrogens is 292 g/mol. The van der Waals surface area contributed by atoms with Crippen molar-refractivity contribution >= 4 is 5.91 Å². The molecule has 0 radical (unpaired) electrons. The third-order valence-corrected chi connectivity index (χ3v) is 4.10. The quantitative estimate of drug-likeness (QED) is 0.915. The number of carbonyl (C=O) groups excluding carboxylic acids is 1. The largest absolute Gasteiger partial charge is 0.327 e. The minimum atomic E-state index is -0.134. The van der Waals surface area contributed by atoms with E-state index >= 15 is 0 Å². The van der Waals surface area contributed by atoms with E-state index in [1.165, 1.54) is 0 Å². The summed E-state index contributed by atoms with van der Waals surface area (Å²) in [7, 11) is 0. The van der Waals surface area contributed by atoms with Gasteiger partial charge in [-0.05, 0) is 45.2 Å². The SMILES string of the molecule is Cc1nc([C@H]2CCCCN2C(=O)c2ccc(C#N)c(C)n2)n[nH]1. The van der Waals surface area contributed by atoms with Gasteiger partial charge in [-0.2, -0.15) is 10.4 Å². The standard InChI is InChI=1S/C16H18N6O/c1-10-12(9-17)6-7-13(18-10)16(23)22-8-4-3-5-14(22)15-19-11(2)20-21-15/h6-7,14H,3-5,8H2,1-2H3,(H,19,20,21)/t14-/m1/s1. The maximum atomic E-state index is 12.9. The molecule has 1 N–H and O–H groups in total. The highest BCUT2D eigenvalue weighted by Gasteiger charge is 2.31. The van der Waals surface area contributed by atoms with Gasteiger partial charge in [0, 0.05) is 6.54 Å². The van der Waals surface area contributed by atoms with Gasteiger partial charge in [-0.15, -0.1) is 0 Å². The van der Waals surface area contributed by atoms with E-state index < -0.39 is 0 Å². The molecule has 0 bridgehead atoms. The van der Waals surface area contributed by atoms with Crippen LogP contribution in [0.25, 0.3) is 0 Å². The fraction of sp³-hybridized carbons (Fsp3) is 0.438. The van der Waals surface area contributed by atoms with Crippen LogP contribution in [0.15, 0.2) is 12.1 Å².